The topological polar surface area (TPSA) is 48.3 Å². The Morgan fingerprint density at radius 1 is 1.50 bits per heavy atom. The third-order valence-electron chi connectivity index (χ3n) is 3.02. The van der Waals surface area contributed by atoms with E-state index in [4.69, 9.17) is 9.47 Å². The highest BCUT2D eigenvalue weighted by atomic mass is 79.9. The Morgan fingerprint density at radius 3 is 2.90 bits per heavy atom. The fourth-order valence-electron chi connectivity index (χ4n) is 2.02. The third-order valence-corrected chi connectivity index (χ3v) is 4.61. The van der Waals surface area contributed by atoms with Crippen LogP contribution in [0.1, 0.15) is 16.6 Å². The molecule has 20 heavy (non-hydrogen) atoms. The first-order valence-electron chi connectivity index (χ1n) is 6.21. The lowest BCUT2D eigenvalue weighted by molar-refractivity contribution is 0.182. The summed E-state index contributed by atoms with van der Waals surface area (Å²) in [6.45, 7) is 1.35. The number of thiophene rings is 1. The van der Waals surface area contributed by atoms with Gasteiger partial charge >= 0.3 is 0 Å². The average Bonchev–Trinajstić information content (AvgIpc) is 3.06. The van der Waals surface area contributed by atoms with Gasteiger partial charge in [-0.2, -0.15) is 5.10 Å². The Bertz CT molecular complexity index is 556. The van der Waals surface area contributed by atoms with Crippen molar-refractivity contribution in [3.63, 3.8) is 0 Å². The van der Waals surface area contributed by atoms with E-state index in [0.29, 0.717) is 6.61 Å². The number of halogens is 1. The van der Waals surface area contributed by atoms with E-state index in [1.807, 2.05) is 29.4 Å². The van der Waals surface area contributed by atoms with Gasteiger partial charge in [0.2, 0.25) is 0 Å². The summed E-state index contributed by atoms with van der Waals surface area (Å²) in [5.74, 6) is 0.879. The number of hydrogen-bond acceptors (Lipinski definition) is 5. The lowest BCUT2D eigenvalue weighted by Crippen LogP contribution is -2.22. The molecule has 0 fully saturated rings. The minimum absolute atomic E-state index is 0.0673. The van der Waals surface area contributed by atoms with E-state index in [1.165, 1.54) is 4.88 Å². The van der Waals surface area contributed by atoms with E-state index in [0.717, 1.165) is 22.5 Å². The molecule has 0 amide bonds. The molecule has 0 aliphatic carbocycles. The number of methoxy groups -OCH3 is 2. The lowest BCUT2D eigenvalue weighted by Gasteiger charge is -2.17. The second kappa shape index (κ2) is 7.21. The number of ether oxygens (including phenoxy) is 2. The highest BCUT2D eigenvalue weighted by Crippen LogP contribution is 2.34. The lowest BCUT2D eigenvalue weighted by atomic mass is 10.1. The summed E-state index contributed by atoms with van der Waals surface area (Å²) < 4.78 is 13.3. The van der Waals surface area contributed by atoms with Crippen LogP contribution in [0, 0.1) is 0 Å². The molecule has 0 aliphatic heterocycles. The highest BCUT2D eigenvalue weighted by Gasteiger charge is 2.22. The Kier molecular flexibility index (Phi) is 5.59. The van der Waals surface area contributed by atoms with Crippen LogP contribution in [0.4, 0.5) is 0 Å². The minimum Gasteiger partial charge on any atom is -0.496 e. The second-order valence-corrected chi connectivity index (χ2v) is 6.00. The fourth-order valence-corrected chi connectivity index (χ4v) is 3.51. The van der Waals surface area contributed by atoms with Gasteiger partial charge in [-0.05, 0) is 29.0 Å². The Balaban J connectivity index is 2.33. The molecule has 0 saturated carbocycles. The molecule has 0 spiro atoms. The zero-order valence-electron chi connectivity index (χ0n) is 11.7. The number of aromatic nitrogens is 2. The van der Waals surface area contributed by atoms with Crippen molar-refractivity contribution in [2.24, 2.45) is 0 Å². The van der Waals surface area contributed by atoms with Gasteiger partial charge in [0.15, 0.2) is 0 Å². The molecule has 1 N–H and O–H groups in total. The van der Waals surface area contributed by atoms with Gasteiger partial charge in [-0.3, -0.25) is 4.68 Å². The zero-order chi connectivity index (χ0) is 14.5. The number of nitrogens with one attached hydrogen (secondary N) is 1. The van der Waals surface area contributed by atoms with Gasteiger partial charge in [-0.1, -0.05) is 0 Å². The second-order valence-electron chi connectivity index (χ2n) is 4.20. The summed E-state index contributed by atoms with van der Waals surface area (Å²) in [7, 11) is 5.31. The molecule has 2 aromatic heterocycles. The van der Waals surface area contributed by atoms with E-state index < -0.39 is 0 Å². The largest absolute Gasteiger partial charge is 0.496 e. The summed E-state index contributed by atoms with van der Waals surface area (Å²) in [5.41, 5.74) is 1.09. The first kappa shape index (κ1) is 15.5. The van der Waals surface area contributed by atoms with E-state index in [9.17, 15) is 0 Å². The van der Waals surface area contributed by atoms with Crippen molar-refractivity contribution in [3.8, 4) is 5.75 Å². The van der Waals surface area contributed by atoms with Crippen LogP contribution in [0.3, 0.4) is 0 Å². The van der Waals surface area contributed by atoms with E-state index >= 15 is 0 Å². The van der Waals surface area contributed by atoms with E-state index in [1.54, 1.807) is 25.6 Å². The number of nitrogens with zero attached hydrogens (tertiary/aromatic N) is 2. The van der Waals surface area contributed by atoms with Gasteiger partial charge in [0.25, 0.3) is 0 Å². The summed E-state index contributed by atoms with van der Waals surface area (Å²) in [6, 6.07) is 2.11. The molecular formula is C13H18BrN3O2S. The van der Waals surface area contributed by atoms with Crippen molar-refractivity contribution in [1.29, 1.82) is 0 Å². The normalized spacial score (nSPS) is 12.6. The fraction of sp³-hybridized carbons (Fsp3) is 0.462. The monoisotopic (exact) mass is 359 g/mol. The quantitative estimate of drug-likeness (QED) is 0.825. The summed E-state index contributed by atoms with van der Waals surface area (Å²) in [6.07, 6.45) is 1.82. The Morgan fingerprint density at radius 2 is 2.30 bits per heavy atom. The van der Waals surface area contributed by atoms with Crippen LogP contribution in [0.15, 0.2) is 22.1 Å². The number of rotatable bonds is 7. The first-order valence-corrected chi connectivity index (χ1v) is 7.88. The van der Waals surface area contributed by atoms with Crippen LogP contribution < -0.4 is 10.1 Å². The summed E-state index contributed by atoms with van der Waals surface area (Å²) >= 11 is 5.25. The Hall–Kier alpha value is -0.890. The van der Waals surface area contributed by atoms with Gasteiger partial charge in [-0.25, -0.2) is 0 Å². The van der Waals surface area contributed by atoms with Gasteiger partial charge in [-0.15, -0.1) is 11.3 Å². The van der Waals surface area contributed by atoms with Crippen LogP contribution in [-0.4, -0.2) is 37.7 Å². The van der Waals surface area contributed by atoms with Gasteiger partial charge in [0.05, 0.1) is 42.7 Å². The van der Waals surface area contributed by atoms with Crippen molar-refractivity contribution in [1.82, 2.24) is 15.1 Å². The van der Waals surface area contributed by atoms with Crippen molar-refractivity contribution in [2.75, 3.05) is 27.9 Å². The first-order chi connectivity index (χ1) is 9.71. The predicted molar refractivity (Wildman–Crippen MR) is 83.6 cm³/mol. The molecule has 7 heteroatoms. The predicted octanol–water partition coefficient (Wildman–Crippen LogP) is 2.67. The van der Waals surface area contributed by atoms with Crippen LogP contribution in [0.2, 0.25) is 0 Å². The van der Waals surface area contributed by atoms with Gasteiger partial charge in [0.1, 0.15) is 5.75 Å². The molecule has 0 radical (unpaired) electrons. The van der Waals surface area contributed by atoms with Gasteiger partial charge < -0.3 is 14.8 Å². The molecule has 1 atom stereocenters. The maximum atomic E-state index is 5.26. The Labute approximate surface area is 131 Å². The van der Waals surface area contributed by atoms with Crippen molar-refractivity contribution in [2.45, 2.75) is 12.6 Å². The van der Waals surface area contributed by atoms with Crippen LogP contribution >= 0.6 is 27.3 Å². The third kappa shape index (κ3) is 3.22. The highest BCUT2D eigenvalue weighted by molar-refractivity contribution is 9.10. The average molecular weight is 360 g/mol. The molecular weight excluding hydrogens is 342 g/mol. The standard InChI is InChI=1S/C13H18BrN3O2S/c1-15-12(11-6-9(19-3)8-20-11)13-10(14)7-16-17(13)4-5-18-2/h6-8,12,15H,4-5H2,1-3H3. The smallest absolute Gasteiger partial charge is 0.129 e. The molecule has 2 rings (SSSR count). The van der Waals surface area contributed by atoms with Crippen molar-refractivity contribution < 1.29 is 9.47 Å². The van der Waals surface area contributed by atoms with Crippen LogP contribution in [-0.2, 0) is 11.3 Å². The SMILES string of the molecule is CNC(c1cc(OC)cs1)c1c(Br)cnn1CCOC. The number of hydrogen-bond donors (Lipinski definition) is 1. The van der Waals surface area contributed by atoms with Gasteiger partial charge in [0, 0.05) is 17.4 Å². The van der Waals surface area contributed by atoms with Crippen LogP contribution in [0.5, 0.6) is 5.75 Å². The van der Waals surface area contributed by atoms with Crippen LogP contribution in [0.25, 0.3) is 0 Å². The van der Waals surface area contributed by atoms with E-state index in [2.05, 4.69) is 26.3 Å². The maximum absolute atomic E-state index is 5.26. The zero-order valence-corrected chi connectivity index (χ0v) is 14.1. The molecule has 0 saturated heterocycles. The maximum Gasteiger partial charge on any atom is 0.129 e. The van der Waals surface area contributed by atoms with Crippen molar-refractivity contribution in [3.05, 3.63) is 32.7 Å². The summed E-state index contributed by atoms with van der Waals surface area (Å²) in [4.78, 5) is 1.18. The molecule has 1 unspecified atom stereocenters. The molecule has 110 valence electrons. The molecule has 2 heterocycles. The van der Waals surface area contributed by atoms with Crippen molar-refractivity contribution >= 4 is 27.3 Å². The van der Waals surface area contributed by atoms with E-state index in [-0.39, 0.29) is 6.04 Å². The minimum atomic E-state index is 0.0673. The molecule has 2 aromatic rings. The molecule has 0 bridgehead atoms. The summed E-state index contributed by atoms with van der Waals surface area (Å²) in [5, 5.41) is 9.74. The molecule has 0 aliphatic rings. The molecule has 5 nitrogen and oxygen atoms in total. The molecule has 0 aromatic carbocycles.